The molecule has 0 aliphatic rings. The molecular weight excluding hydrogens is 346 g/mol. The lowest BCUT2D eigenvalue weighted by molar-refractivity contribution is -0.138. The first kappa shape index (κ1) is 20.3. The number of unbranched alkanes of at least 4 members (excludes halogenated alkanes) is 1. The van der Waals surface area contributed by atoms with E-state index >= 15 is 0 Å². The fraction of sp³-hybridized carbons (Fsp3) is 0.300. The maximum Gasteiger partial charge on any atom is 0.320 e. The van der Waals surface area contributed by atoms with Gasteiger partial charge in [0.2, 0.25) is 0 Å². The second kappa shape index (κ2) is 10.8. The Morgan fingerprint density at radius 3 is 2.26 bits per heavy atom. The van der Waals surface area contributed by atoms with Gasteiger partial charge in [0.25, 0.3) is 0 Å². The number of nitrogens with two attached hydrogens (primary N) is 1. The van der Waals surface area contributed by atoms with Gasteiger partial charge in [0.15, 0.2) is 17.3 Å². The van der Waals surface area contributed by atoms with Gasteiger partial charge in [-0.05, 0) is 43.5 Å². The zero-order valence-corrected chi connectivity index (χ0v) is 15.3. The van der Waals surface area contributed by atoms with Crippen molar-refractivity contribution in [3.63, 3.8) is 0 Å². The molecule has 0 amide bonds. The molecule has 7 nitrogen and oxygen atoms in total. The van der Waals surface area contributed by atoms with Crippen molar-refractivity contribution in [2.24, 2.45) is 10.9 Å². The lowest BCUT2D eigenvalue weighted by atomic mass is 10.1. The normalized spacial score (nSPS) is 12.3. The number of benzene rings is 2. The molecule has 0 aliphatic heterocycles. The quantitative estimate of drug-likeness (QED) is 0.288. The van der Waals surface area contributed by atoms with Crippen molar-refractivity contribution in [3.8, 4) is 11.5 Å². The van der Waals surface area contributed by atoms with Crippen molar-refractivity contribution < 1.29 is 19.6 Å². The highest BCUT2D eigenvalue weighted by atomic mass is 16.7. The number of hydrogen-bond donors (Lipinski definition) is 2. The minimum absolute atomic E-state index is 0.408. The molecule has 0 saturated carbocycles. The number of para-hydroxylation sites is 2. The molecule has 0 unspecified atom stereocenters. The molecule has 3 N–H and O–H groups in total. The van der Waals surface area contributed by atoms with Crippen molar-refractivity contribution in [1.29, 1.82) is 0 Å². The molecule has 0 aliphatic carbocycles. The Labute approximate surface area is 158 Å². The minimum Gasteiger partial charge on any atom is -0.480 e. The first-order valence-electron chi connectivity index (χ1n) is 8.82. The highest BCUT2D eigenvalue weighted by molar-refractivity contribution is 5.78. The van der Waals surface area contributed by atoms with Crippen LogP contribution in [0.3, 0.4) is 0 Å². The van der Waals surface area contributed by atoms with Crippen LogP contribution in [0.5, 0.6) is 11.5 Å². The lowest BCUT2D eigenvalue weighted by Gasteiger charge is -2.23. The summed E-state index contributed by atoms with van der Waals surface area (Å²) in [5.74, 6) is 0.865. The van der Waals surface area contributed by atoms with Crippen LogP contribution in [0.1, 0.15) is 26.2 Å². The summed E-state index contributed by atoms with van der Waals surface area (Å²) in [6, 6.07) is 17.8. The molecule has 7 heteroatoms. The first-order chi connectivity index (χ1) is 13.1. The zero-order valence-electron chi connectivity index (χ0n) is 15.3. The average molecular weight is 371 g/mol. The smallest absolute Gasteiger partial charge is 0.320 e. The molecule has 2 rings (SSSR count). The van der Waals surface area contributed by atoms with Crippen LogP contribution >= 0.6 is 0 Å². The molecule has 1 atom stereocenters. The molecule has 2 aromatic carbocycles. The second-order valence-corrected chi connectivity index (χ2v) is 5.99. The minimum atomic E-state index is -0.985. The SMILES string of the molecule is CC(=NOc1ccccc1)N(CCCC[C@H](N)C(=O)O)Oc1ccccc1. The molecule has 0 spiro atoms. The fourth-order valence-electron chi connectivity index (χ4n) is 2.27. The summed E-state index contributed by atoms with van der Waals surface area (Å²) >= 11 is 0. The Hall–Kier alpha value is -3.06. The number of carboxylic acid groups (broad SMARTS) is 1. The molecule has 0 aromatic heterocycles. The summed E-state index contributed by atoms with van der Waals surface area (Å²) in [5.41, 5.74) is 5.54. The van der Waals surface area contributed by atoms with Gasteiger partial charge in [-0.25, -0.2) is 0 Å². The zero-order chi connectivity index (χ0) is 19.5. The molecule has 2 aromatic rings. The van der Waals surface area contributed by atoms with Gasteiger partial charge >= 0.3 is 5.97 Å². The summed E-state index contributed by atoms with van der Waals surface area (Å²) in [7, 11) is 0. The molecule has 0 bridgehead atoms. The van der Waals surface area contributed by atoms with Crippen molar-refractivity contribution >= 4 is 11.8 Å². The molecule has 27 heavy (non-hydrogen) atoms. The number of hydroxylamine groups is 2. The molecule has 144 valence electrons. The van der Waals surface area contributed by atoms with Crippen LogP contribution in [0.4, 0.5) is 0 Å². The molecule has 0 radical (unpaired) electrons. The predicted molar refractivity (Wildman–Crippen MR) is 103 cm³/mol. The Balaban J connectivity index is 1.96. The fourth-order valence-corrected chi connectivity index (χ4v) is 2.27. The van der Waals surface area contributed by atoms with Gasteiger partial charge in [-0.3, -0.25) is 4.79 Å². The number of rotatable bonds is 10. The highest BCUT2D eigenvalue weighted by Crippen LogP contribution is 2.14. The van der Waals surface area contributed by atoms with Crippen LogP contribution in [-0.4, -0.2) is 34.6 Å². The molecule has 0 saturated heterocycles. The Morgan fingerprint density at radius 2 is 1.67 bits per heavy atom. The van der Waals surface area contributed by atoms with E-state index < -0.39 is 12.0 Å². The summed E-state index contributed by atoms with van der Waals surface area (Å²) in [6.07, 6.45) is 1.77. The topological polar surface area (TPSA) is 97.4 Å². The van der Waals surface area contributed by atoms with Gasteiger partial charge < -0.3 is 20.5 Å². The number of aliphatic carboxylic acids is 1. The monoisotopic (exact) mass is 371 g/mol. The van der Waals surface area contributed by atoms with E-state index in [1.54, 1.807) is 12.0 Å². The van der Waals surface area contributed by atoms with Crippen LogP contribution < -0.4 is 15.4 Å². The van der Waals surface area contributed by atoms with Crippen LogP contribution in [0.15, 0.2) is 65.8 Å². The highest BCUT2D eigenvalue weighted by Gasteiger charge is 2.13. The molecular formula is C20H25N3O4. The summed E-state index contributed by atoms with van der Waals surface area (Å²) in [5, 5.41) is 14.6. The van der Waals surface area contributed by atoms with Crippen molar-refractivity contribution in [2.45, 2.75) is 32.2 Å². The molecule has 0 heterocycles. The third-order valence-electron chi connectivity index (χ3n) is 3.79. The Morgan fingerprint density at radius 1 is 1.07 bits per heavy atom. The number of amidine groups is 1. The number of oxime groups is 1. The Bertz CT molecular complexity index is 723. The van der Waals surface area contributed by atoms with Crippen molar-refractivity contribution in [2.75, 3.05) is 6.54 Å². The van der Waals surface area contributed by atoms with Crippen molar-refractivity contribution in [1.82, 2.24) is 5.06 Å². The summed E-state index contributed by atoms with van der Waals surface area (Å²) < 4.78 is 0. The van der Waals surface area contributed by atoms with E-state index in [9.17, 15) is 4.79 Å². The lowest BCUT2D eigenvalue weighted by Crippen LogP contribution is -2.34. The van der Waals surface area contributed by atoms with E-state index in [0.29, 0.717) is 43.1 Å². The average Bonchev–Trinajstić information content (AvgIpc) is 2.69. The van der Waals surface area contributed by atoms with Crippen molar-refractivity contribution in [3.05, 3.63) is 60.7 Å². The Kier molecular flexibility index (Phi) is 8.12. The van der Waals surface area contributed by atoms with Gasteiger partial charge in [-0.15, -0.1) is 0 Å². The first-order valence-corrected chi connectivity index (χ1v) is 8.82. The van der Waals surface area contributed by atoms with Crippen LogP contribution in [-0.2, 0) is 4.79 Å². The standard InChI is InChI=1S/C20H25N3O4/c1-16(22-26-17-10-4-2-5-11-17)23(27-18-12-6-3-7-13-18)15-9-8-14-19(21)20(24)25/h2-7,10-13,19H,8-9,14-15,21H2,1H3,(H,24,25)/t19-/m0/s1. The van der Waals surface area contributed by atoms with Gasteiger partial charge in [0.05, 0.1) is 6.54 Å². The second-order valence-electron chi connectivity index (χ2n) is 5.99. The third-order valence-corrected chi connectivity index (χ3v) is 3.79. The summed E-state index contributed by atoms with van der Waals surface area (Å²) in [6.45, 7) is 2.31. The number of carboxylic acids is 1. The predicted octanol–water partition coefficient (Wildman–Crippen LogP) is 3.28. The van der Waals surface area contributed by atoms with Gasteiger partial charge in [-0.2, -0.15) is 5.06 Å². The molecule has 0 fully saturated rings. The number of nitrogens with zero attached hydrogens (tertiary/aromatic N) is 2. The van der Waals surface area contributed by atoms with E-state index in [0.717, 1.165) is 0 Å². The van der Waals surface area contributed by atoms with Crippen LogP contribution in [0, 0.1) is 0 Å². The van der Waals surface area contributed by atoms with E-state index in [1.165, 1.54) is 0 Å². The van der Waals surface area contributed by atoms with E-state index in [4.69, 9.17) is 20.5 Å². The third kappa shape index (κ3) is 7.37. The number of hydrogen-bond acceptors (Lipinski definition) is 5. The van der Waals surface area contributed by atoms with E-state index in [-0.39, 0.29) is 0 Å². The van der Waals surface area contributed by atoms with Gasteiger partial charge in [-0.1, -0.05) is 41.6 Å². The largest absolute Gasteiger partial charge is 0.480 e. The van der Waals surface area contributed by atoms with Crippen LogP contribution in [0.2, 0.25) is 0 Å². The van der Waals surface area contributed by atoms with E-state index in [2.05, 4.69) is 5.16 Å². The number of carbonyl (C=O) groups is 1. The van der Waals surface area contributed by atoms with E-state index in [1.807, 2.05) is 60.7 Å². The van der Waals surface area contributed by atoms with Gasteiger partial charge in [0.1, 0.15) is 6.04 Å². The maximum absolute atomic E-state index is 10.8. The van der Waals surface area contributed by atoms with Gasteiger partial charge in [0, 0.05) is 6.92 Å². The van der Waals surface area contributed by atoms with Crippen LogP contribution in [0.25, 0.3) is 0 Å². The maximum atomic E-state index is 10.8. The summed E-state index contributed by atoms with van der Waals surface area (Å²) in [4.78, 5) is 22.1.